The first-order valence-corrected chi connectivity index (χ1v) is 7.11. The molecule has 1 unspecified atom stereocenters. The zero-order valence-electron chi connectivity index (χ0n) is 11.6. The summed E-state index contributed by atoms with van der Waals surface area (Å²) in [6, 6.07) is 4.83. The lowest BCUT2D eigenvalue weighted by atomic mass is 10.0. The third-order valence-corrected chi connectivity index (χ3v) is 3.55. The largest absolute Gasteiger partial charge is 0.508 e. The summed E-state index contributed by atoms with van der Waals surface area (Å²) in [5.41, 5.74) is 6.85. The molecule has 110 valence electrons. The Morgan fingerprint density at radius 2 is 2.30 bits per heavy atom. The van der Waals surface area contributed by atoms with Crippen LogP contribution in [0.2, 0.25) is 0 Å². The molecule has 1 fully saturated rings. The minimum Gasteiger partial charge on any atom is -0.508 e. The predicted molar refractivity (Wildman–Crippen MR) is 77.2 cm³/mol. The van der Waals surface area contributed by atoms with Crippen LogP contribution in [0.4, 0.5) is 5.69 Å². The Bertz CT molecular complexity index is 456. The summed E-state index contributed by atoms with van der Waals surface area (Å²) in [6.45, 7) is 1.10. The standard InChI is InChI=1S/C15H22N2O3/c16-12-4-6-14(18)11(9-12)10-17-15(19)7-5-13-3-1-2-8-20-13/h4,6,9,13,18H,1-3,5,7-8,10,16H2,(H,17,19). The van der Waals surface area contributed by atoms with Crippen LogP contribution in [0.1, 0.15) is 37.7 Å². The van der Waals surface area contributed by atoms with E-state index in [9.17, 15) is 9.90 Å². The number of phenolic OH excluding ortho intramolecular Hbond substituents is 1. The number of carbonyl (C=O) groups excluding carboxylic acids is 1. The molecule has 5 nitrogen and oxygen atoms in total. The van der Waals surface area contributed by atoms with Crippen molar-refractivity contribution >= 4 is 11.6 Å². The van der Waals surface area contributed by atoms with Gasteiger partial charge in [0.2, 0.25) is 5.91 Å². The zero-order chi connectivity index (χ0) is 14.4. The highest BCUT2D eigenvalue weighted by molar-refractivity contribution is 5.76. The number of nitrogen functional groups attached to an aromatic ring is 1. The van der Waals surface area contributed by atoms with Gasteiger partial charge in [0.1, 0.15) is 5.75 Å². The van der Waals surface area contributed by atoms with E-state index in [1.165, 1.54) is 12.5 Å². The van der Waals surface area contributed by atoms with Crippen molar-refractivity contribution in [2.75, 3.05) is 12.3 Å². The van der Waals surface area contributed by atoms with Crippen LogP contribution in [-0.4, -0.2) is 23.7 Å². The smallest absolute Gasteiger partial charge is 0.220 e. The van der Waals surface area contributed by atoms with Gasteiger partial charge in [-0.1, -0.05) is 0 Å². The normalized spacial score (nSPS) is 18.7. The molecule has 0 saturated carbocycles. The van der Waals surface area contributed by atoms with Crippen LogP contribution < -0.4 is 11.1 Å². The lowest BCUT2D eigenvalue weighted by Crippen LogP contribution is -2.26. The average molecular weight is 278 g/mol. The zero-order valence-corrected chi connectivity index (χ0v) is 11.6. The summed E-state index contributed by atoms with van der Waals surface area (Å²) in [5.74, 6) is 0.121. The van der Waals surface area contributed by atoms with E-state index in [4.69, 9.17) is 10.5 Å². The molecule has 5 heteroatoms. The maximum atomic E-state index is 11.8. The number of rotatable bonds is 5. The molecule has 1 atom stereocenters. The van der Waals surface area contributed by atoms with Crippen molar-refractivity contribution in [3.8, 4) is 5.75 Å². The predicted octanol–water partition coefficient (Wildman–Crippen LogP) is 1.94. The molecule has 20 heavy (non-hydrogen) atoms. The molecule has 0 radical (unpaired) electrons. The van der Waals surface area contributed by atoms with E-state index in [-0.39, 0.29) is 17.8 Å². The van der Waals surface area contributed by atoms with Crippen molar-refractivity contribution in [1.29, 1.82) is 0 Å². The van der Waals surface area contributed by atoms with Crippen LogP contribution in [0, 0.1) is 0 Å². The number of hydrogen-bond acceptors (Lipinski definition) is 4. The minimum atomic E-state index is -0.0269. The van der Waals surface area contributed by atoms with E-state index < -0.39 is 0 Å². The summed E-state index contributed by atoms with van der Waals surface area (Å²) in [4.78, 5) is 11.8. The molecule has 1 aromatic carbocycles. The highest BCUT2D eigenvalue weighted by Gasteiger charge is 2.15. The first-order valence-electron chi connectivity index (χ1n) is 7.11. The Balaban J connectivity index is 1.73. The topological polar surface area (TPSA) is 84.6 Å². The lowest BCUT2D eigenvalue weighted by Gasteiger charge is -2.22. The maximum absolute atomic E-state index is 11.8. The number of carbonyl (C=O) groups is 1. The number of phenols is 1. The van der Waals surface area contributed by atoms with Gasteiger partial charge in [0, 0.05) is 30.8 Å². The third kappa shape index (κ3) is 4.42. The molecule has 2 rings (SSSR count). The molecule has 1 aliphatic heterocycles. The number of nitrogens with two attached hydrogens (primary N) is 1. The number of amides is 1. The number of nitrogens with one attached hydrogen (secondary N) is 1. The molecular weight excluding hydrogens is 256 g/mol. The SMILES string of the molecule is Nc1ccc(O)c(CNC(=O)CCC2CCCCO2)c1. The number of benzene rings is 1. The second-order valence-corrected chi connectivity index (χ2v) is 5.19. The van der Waals surface area contributed by atoms with Crippen LogP contribution in [0.3, 0.4) is 0 Å². The van der Waals surface area contributed by atoms with Crippen LogP contribution in [0.15, 0.2) is 18.2 Å². The van der Waals surface area contributed by atoms with Gasteiger partial charge in [-0.05, 0) is 43.9 Å². The summed E-state index contributed by atoms with van der Waals surface area (Å²) in [7, 11) is 0. The quantitative estimate of drug-likeness (QED) is 0.567. The second kappa shape index (κ2) is 7.14. The van der Waals surface area contributed by atoms with Crippen LogP contribution in [0.25, 0.3) is 0 Å². The molecule has 1 saturated heterocycles. The van der Waals surface area contributed by atoms with Gasteiger partial charge in [0.05, 0.1) is 6.10 Å². The maximum Gasteiger partial charge on any atom is 0.220 e. The van der Waals surface area contributed by atoms with Crippen LogP contribution >= 0.6 is 0 Å². The molecule has 0 spiro atoms. The van der Waals surface area contributed by atoms with Gasteiger partial charge in [-0.25, -0.2) is 0 Å². The van der Waals surface area contributed by atoms with Crippen LogP contribution in [-0.2, 0) is 16.1 Å². The fourth-order valence-corrected chi connectivity index (χ4v) is 2.36. The Morgan fingerprint density at radius 3 is 3.05 bits per heavy atom. The first-order chi connectivity index (χ1) is 9.65. The molecule has 1 aromatic rings. The molecule has 1 amide bonds. The van der Waals surface area contributed by atoms with Gasteiger partial charge in [-0.15, -0.1) is 0 Å². The van der Waals surface area contributed by atoms with Gasteiger partial charge in [-0.3, -0.25) is 4.79 Å². The molecule has 0 aromatic heterocycles. The van der Waals surface area contributed by atoms with Crippen molar-refractivity contribution < 1.29 is 14.6 Å². The fourth-order valence-electron chi connectivity index (χ4n) is 2.36. The van der Waals surface area contributed by atoms with Gasteiger partial charge in [0.15, 0.2) is 0 Å². The van der Waals surface area contributed by atoms with Gasteiger partial charge < -0.3 is 20.9 Å². The number of aromatic hydroxyl groups is 1. The summed E-state index contributed by atoms with van der Waals surface area (Å²) in [6.07, 6.45) is 4.78. The first kappa shape index (κ1) is 14.7. The van der Waals surface area contributed by atoms with Crippen molar-refractivity contribution in [2.45, 2.75) is 44.8 Å². The summed E-state index contributed by atoms with van der Waals surface area (Å²) in [5, 5.41) is 12.5. The van der Waals surface area contributed by atoms with Gasteiger partial charge in [0.25, 0.3) is 0 Å². The molecule has 4 N–H and O–H groups in total. The van der Waals surface area contributed by atoms with Crippen molar-refractivity contribution in [3.05, 3.63) is 23.8 Å². The van der Waals surface area contributed by atoms with E-state index in [2.05, 4.69) is 5.32 Å². The number of ether oxygens (including phenoxy) is 1. The Labute approximate surface area is 119 Å². The highest BCUT2D eigenvalue weighted by atomic mass is 16.5. The number of anilines is 1. The number of hydrogen-bond donors (Lipinski definition) is 3. The van der Waals surface area contributed by atoms with E-state index >= 15 is 0 Å². The van der Waals surface area contributed by atoms with Gasteiger partial charge >= 0.3 is 0 Å². The van der Waals surface area contributed by atoms with E-state index in [1.807, 2.05) is 0 Å². The highest BCUT2D eigenvalue weighted by Crippen LogP contribution is 2.20. The lowest BCUT2D eigenvalue weighted by molar-refractivity contribution is -0.122. The van der Waals surface area contributed by atoms with E-state index in [0.717, 1.165) is 25.9 Å². The van der Waals surface area contributed by atoms with E-state index in [1.54, 1.807) is 12.1 Å². The second-order valence-electron chi connectivity index (χ2n) is 5.19. The molecule has 0 bridgehead atoms. The van der Waals surface area contributed by atoms with Crippen molar-refractivity contribution in [2.24, 2.45) is 0 Å². The summed E-state index contributed by atoms with van der Waals surface area (Å²) < 4.78 is 5.59. The van der Waals surface area contributed by atoms with E-state index in [0.29, 0.717) is 24.2 Å². The third-order valence-electron chi connectivity index (χ3n) is 3.55. The van der Waals surface area contributed by atoms with Crippen molar-refractivity contribution in [3.63, 3.8) is 0 Å². The molecule has 1 heterocycles. The Kier molecular flexibility index (Phi) is 5.24. The minimum absolute atomic E-state index is 0.0269. The van der Waals surface area contributed by atoms with Gasteiger partial charge in [-0.2, -0.15) is 0 Å². The van der Waals surface area contributed by atoms with Crippen LogP contribution in [0.5, 0.6) is 5.75 Å². The fraction of sp³-hybridized carbons (Fsp3) is 0.533. The van der Waals surface area contributed by atoms with Crippen molar-refractivity contribution in [1.82, 2.24) is 5.32 Å². The molecule has 0 aliphatic carbocycles. The monoisotopic (exact) mass is 278 g/mol. The molecular formula is C15H22N2O3. The average Bonchev–Trinajstić information content (AvgIpc) is 2.47. The summed E-state index contributed by atoms with van der Waals surface area (Å²) >= 11 is 0. The molecule has 1 aliphatic rings. The Hall–Kier alpha value is -1.75. The Morgan fingerprint density at radius 1 is 1.45 bits per heavy atom.